The first-order chi connectivity index (χ1) is 10.1. The molecule has 2 rings (SSSR count). The van der Waals surface area contributed by atoms with Crippen LogP contribution in [0.4, 0.5) is 0 Å². The van der Waals surface area contributed by atoms with E-state index in [2.05, 4.69) is 50.2 Å². The molecule has 0 spiro atoms. The summed E-state index contributed by atoms with van der Waals surface area (Å²) in [6.45, 7) is 4.44. The molecule has 0 aliphatic rings. The van der Waals surface area contributed by atoms with Gasteiger partial charge in [0.25, 0.3) is 0 Å². The van der Waals surface area contributed by atoms with E-state index in [1.807, 2.05) is 23.9 Å². The zero-order valence-electron chi connectivity index (χ0n) is 12.5. The van der Waals surface area contributed by atoms with Crippen molar-refractivity contribution in [3.63, 3.8) is 0 Å². The molecule has 0 saturated carbocycles. The average Bonchev–Trinajstić information content (AvgIpc) is 2.48. The molecule has 0 fully saturated rings. The number of rotatable bonds is 6. The van der Waals surface area contributed by atoms with Crippen LogP contribution in [0.3, 0.4) is 0 Å². The van der Waals surface area contributed by atoms with E-state index in [4.69, 9.17) is 18.0 Å². The van der Waals surface area contributed by atoms with Crippen LogP contribution in [0.15, 0.2) is 48.5 Å². The molecule has 0 radical (unpaired) electrons. The second kappa shape index (κ2) is 7.62. The van der Waals surface area contributed by atoms with E-state index in [9.17, 15) is 0 Å². The van der Waals surface area contributed by atoms with Gasteiger partial charge < -0.3 is 5.73 Å². The second-order valence-electron chi connectivity index (χ2n) is 5.45. The van der Waals surface area contributed by atoms with Crippen LogP contribution in [0.5, 0.6) is 0 Å². The maximum absolute atomic E-state index is 5.67. The Morgan fingerprint density at radius 1 is 1.05 bits per heavy atom. The van der Waals surface area contributed by atoms with Gasteiger partial charge in [-0.1, -0.05) is 68.5 Å². The van der Waals surface area contributed by atoms with E-state index >= 15 is 0 Å². The fourth-order valence-corrected chi connectivity index (χ4v) is 3.17. The minimum Gasteiger partial charge on any atom is -0.389 e. The third kappa shape index (κ3) is 4.87. The van der Waals surface area contributed by atoms with Crippen molar-refractivity contribution in [2.75, 3.05) is 0 Å². The Kier molecular flexibility index (Phi) is 5.83. The standard InChI is InChI=1S/C18H21NS2/c1-13(2)16-8-6-14(7-9-16)11-21-12-15-4-3-5-17(10-15)18(19)20/h3-10,13H,11-12H2,1-2H3,(H2,19,20). The van der Waals surface area contributed by atoms with Crippen molar-refractivity contribution in [1.29, 1.82) is 0 Å². The molecule has 0 saturated heterocycles. The summed E-state index contributed by atoms with van der Waals surface area (Å²) in [5, 5.41) is 0. The summed E-state index contributed by atoms with van der Waals surface area (Å²) in [6.07, 6.45) is 0. The molecule has 0 atom stereocenters. The molecule has 0 amide bonds. The number of thioether (sulfide) groups is 1. The van der Waals surface area contributed by atoms with Crippen LogP contribution in [0.2, 0.25) is 0 Å². The van der Waals surface area contributed by atoms with Gasteiger partial charge in [0.05, 0.1) is 0 Å². The number of benzene rings is 2. The van der Waals surface area contributed by atoms with Crippen molar-refractivity contribution >= 4 is 29.0 Å². The zero-order valence-corrected chi connectivity index (χ0v) is 14.1. The van der Waals surface area contributed by atoms with Crippen LogP contribution in [-0.4, -0.2) is 4.99 Å². The Balaban J connectivity index is 1.89. The second-order valence-corrected chi connectivity index (χ2v) is 6.88. The summed E-state index contributed by atoms with van der Waals surface area (Å²) in [4.78, 5) is 0.464. The van der Waals surface area contributed by atoms with E-state index in [1.54, 1.807) is 0 Å². The van der Waals surface area contributed by atoms with Gasteiger partial charge in [-0.2, -0.15) is 11.8 Å². The Bertz CT molecular complexity index is 603. The van der Waals surface area contributed by atoms with Crippen molar-refractivity contribution < 1.29 is 0 Å². The van der Waals surface area contributed by atoms with E-state index in [0.717, 1.165) is 17.1 Å². The largest absolute Gasteiger partial charge is 0.389 e. The zero-order chi connectivity index (χ0) is 15.2. The molecule has 2 aromatic carbocycles. The van der Waals surface area contributed by atoms with E-state index in [1.165, 1.54) is 16.7 Å². The molecule has 1 nitrogen and oxygen atoms in total. The third-order valence-corrected chi connectivity index (χ3v) is 4.71. The minimum atomic E-state index is 0.464. The monoisotopic (exact) mass is 315 g/mol. The van der Waals surface area contributed by atoms with Gasteiger partial charge in [-0.25, -0.2) is 0 Å². The van der Waals surface area contributed by atoms with Gasteiger partial charge in [-0.15, -0.1) is 0 Å². The Hall–Kier alpha value is -1.32. The lowest BCUT2D eigenvalue weighted by Crippen LogP contribution is -2.09. The smallest absolute Gasteiger partial charge is 0.103 e. The van der Waals surface area contributed by atoms with Gasteiger partial charge in [0.1, 0.15) is 4.99 Å². The molecular formula is C18H21NS2. The topological polar surface area (TPSA) is 26.0 Å². The highest BCUT2D eigenvalue weighted by Crippen LogP contribution is 2.21. The molecule has 0 unspecified atom stereocenters. The summed E-state index contributed by atoms with van der Waals surface area (Å²) in [5.41, 5.74) is 10.6. The lowest BCUT2D eigenvalue weighted by atomic mass is 10.0. The summed E-state index contributed by atoms with van der Waals surface area (Å²) in [5.74, 6) is 2.59. The Morgan fingerprint density at radius 2 is 1.71 bits per heavy atom. The van der Waals surface area contributed by atoms with Crippen molar-refractivity contribution in [1.82, 2.24) is 0 Å². The first-order valence-corrected chi connectivity index (χ1v) is 8.68. The summed E-state index contributed by atoms with van der Waals surface area (Å²) >= 11 is 6.92. The number of thiocarbonyl (C=S) groups is 1. The lowest BCUT2D eigenvalue weighted by molar-refractivity contribution is 0.866. The van der Waals surface area contributed by atoms with Gasteiger partial charge in [-0.3, -0.25) is 0 Å². The first kappa shape index (κ1) is 16.1. The molecule has 21 heavy (non-hydrogen) atoms. The summed E-state index contributed by atoms with van der Waals surface area (Å²) in [6, 6.07) is 17.1. The SMILES string of the molecule is CC(C)c1ccc(CSCc2cccc(C(N)=S)c2)cc1. The van der Waals surface area contributed by atoms with Crippen LogP contribution < -0.4 is 5.73 Å². The molecule has 0 aliphatic heterocycles. The van der Waals surface area contributed by atoms with Crippen molar-refractivity contribution in [2.45, 2.75) is 31.3 Å². The molecule has 3 heteroatoms. The van der Waals surface area contributed by atoms with Gasteiger partial charge in [0.15, 0.2) is 0 Å². The number of hydrogen-bond acceptors (Lipinski definition) is 2. The van der Waals surface area contributed by atoms with E-state index in [0.29, 0.717) is 10.9 Å². The predicted octanol–water partition coefficient (Wildman–Crippen LogP) is 4.88. The maximum Gasteiger partial charge on any atom is 0.103 e. The molecule has 0 heterocycles. The summed E-state index contributed by atoms with van der Waals surface area (Å²) in [7, 11) is 0. The van der Waals surface area contributed by atoms with Gasteiger partial charge >= 0.3 is 0 Å². The molecular weight excluding hydrogens is 294 g/mol. The highest BCUT2D eigenvalue weighted by atomic mass is 32.2. The van der Waals surface area contributed by atoms with Crippen molar-refractivity contribution in [3.8, 4) is 0 Å². The molecule has 2 aromatic rings. The molecule has 0 bridgehead atoms. The van der Waals surface area contributed by atoms with Gasteiger partial charge in [-0.05, 0) is 28.7 Å². The van der Waals surface area contributed by atoms with Crippen LogP contribution in [0.1, 0.15) is 42.0 Å². The van der Waals surface area contributed by atoms with Crippen LogP contribution in [-0.2, 0) is 11.5 Å². The highest BCUT2D eigenvalue weighted by Gasteiger charge is 2.01. The normalized spacial score (nSPS) is 10.8. The average molecular weight is 316 g/mol. The quantitative estimate of drug-likeness (QED) is 0.770. The van der Waals surface area contributed by atoms with Crippen molar-refractivity contribution in [2.24, 2.45) is 5.73 Å². The van der Waals surface area contributed by atoms with Crippen LogP contribution >= 0.6 is 24.0 Å². The Morgan fingerprint density at radius 3 is 2.33 bits per heavy atom. The van der Waals surface area contributed by atoms with Gasteiger partial charge in [0.2, 0.25) is 0 Å². The van der Waals surface area contributed by atoms with E-state index in [-0.39, 0.29) is 0 Å². The number of hydrogen-bond donors (Lipinski definition) is 1. The van der Waals surface area contributed by atoms with Crippen LogP contribution in [0, 0.1) is 0 Å². The predicted molar refractivity (Wildman–Crippen MR) is 97.9 cm³/mol. The van der Waals surface area contributed by atoms with E-state index < -0.39 is 0 Å². The molecule has 110 valence electrons. The highest BCUT2D eigenvalue weighted by molar-refractivity contribution is 7.97. The fourth-order valence-electron chi connectivity index (χ4n) is 2.10. The first-order valence-electron chi connectivity index (χ1n) is 7.11. The molecule has 0 aliphatic carbocycles. The maximum atomic E-state index is 5.67. The molecule has 0 aromatic heterocycles. The van der Waals surface area contributed by atoms with Crippen LogP contribution in [0.25, 0.3) is 0 Å². The number of nitrogens with two attached hydrogens (primary N) is 1. The third-order valence-electron chi connectivity index (χ3n) is 3.40. The lowest BCUT2D eigenvalue weighted by Gasteiger charge is -2.07. The fraction of sp³-hybridized carbons (Fsp3) is 0.278. The van der Waals surface area contributed by atoms with Gasteiger partial charge in [0, 0.05) is 17.1 Å². The minimum absolute atomic E-state index is 0.464. The molecule has 2 N–H and O–H groups in total. The summed E-state index contributed by atoms with van der Waals surface area (Å²) < 4.78 is 0. The van der Waals surface area contributed by atoms with Crippen molar-refractivity contribution in [3.05, 3.63) is 70.8 Å². The Labute approximate surface area is 136 Å².